The Kier molecular flexibility index (Phi) is 6.58. The number of benzene rings is 4. The molecule has 1 aliphatic heterocycles. The summed E-state index contributed by atoms with van der Waals surface area (Å²) in [5, 5.41) is 9.16. The summed E-state index contributed by atoms with van der Waals surface area (Å²) < 4.78 is 9.12. The third-order valence-electron chi connectivity index (χ3n) is 6.23. The van der Waals surface area contributed by atoms with Gasteiger partial charge in [0.15, 0.2) is 0 Å². The van der Waals surface area contributed by atoms with Crippen LogP contribution in [-0.4, -0.2) is 58.0 Å². The molecule has 9 heteroatoms. The summed E-state index contributed by atoms with van der Waals surface area (Å²) in [4.78, 5) is 51.9. The van der Waals surface area contributed by atoms with Crippen LogP contribution in [0.15, 0.2) is 109 Å². The van der Waals surface area contributed by atoms with Crippen molar-refractivity contribution in [2.75, 3.05) is 6.54 Å². The molecule has 1 aliphatic rings. The molecule has 4 aromatic carbocycles. The van der Waals surface area contributed by atoms with Crippen LogP contribution in [0.1, 0.15) is 20.7 Å². The van der Waals surface area contributed by atoms with Crippen LogP contribution in [0.2, 0.25) is 0 Å². The van der Waals surface area contributed by atoms with Crippen LogP contribution in [0.3, 0.4) is 0 Å². The average molecular weight is 600 g/mol. The molecule has 182 valence electrons. The van der Waals surface area contributed by atoms with Crippen molar-refractivity contribution in [1.82, 2.24) is 4.90 Å². The number of nitrogens with zero attached hydrogens (tertiary/aromatic N) is 2. The minimum absolute atomic E-state index is 0.0341. The summed E-state index contributed by atoms with van der Waals surface area (Å²) in [6.07, 6.45) is 0. The predicted octanol–water partition coefficient (Wildman–Crippen LogP) is 2.38. The molecule has 0 fully saturated rings. The fraction of sp³-hybridized carbons (Fsp3) is 0.0357. The minimum atomic E-state index is -4.53. The van der Waals surface area contributed by atoms with E-state index in [0.717, 1.165) is 10.7 Å². The summed E-state index contributed by atoms with van der Waals surface area (Å²) in [6.45, 7) is -0.799. The zero-order chi connectivity index (χ0) is 26.0. The van der Waals surface area contributed by atoms with E-state index < -0.39 is 43.1 Å². The third-order valence-corrected chi connectivity index (χ3v) is 17.3. The van der Waals surface area contributed by atoms with Gasteiger partial charge in [0.25, 0.3) is 0 Å². The van der Waals surface area contributed by atoms with Gasteiger partial charge in [0.1, 0.15) is 0 Å². The number of imide groups is 1. The van der Waals surface area contributed by atoms with Crippen LogP contribution < -0.4 is 10.7 Å². The van der Waals surface area contributed by atoms with Gasteiger partial charge in [0, 0.05) is 0 Å². The van der Waals surface area contributed by atoms with Gasteiger partial charge in [0.2, 0.25) is 0 Å². The monoisotopic (exact) mass is 601 g/mol. The van der Waals surface area contributed by atoms with E-state index in [1.54, 1.807) is 0 Å². The van der Waals surface area contributed by atoms with E-state index in [2.05, 4.69) is 0 Å². The Labute approximate surface area is 216 Å². The number of carboxylic acid groups (broad SMARTS) is 1. The fourth-order valence-electron chi connectivity index (χ4n) is 4.60. The Balaban J connectivity index is 1.68. The molecular formula is C28H21N2O6Sn+. The summed E-state index contributed by atoms with van der Waals surface area (Å²) in [6, 6.07) is 32.9. The van der Waals surface area contributed by atoms with E-state index in [1.807, 2.05) is 91.0 Å². The zero-order valence-electron chi connectivity index (χ0n) is 19.5. The first-order valence-electron chi connectivity index (χ1n) is 11.5. The number of aliphatic carboxylic acids is 1. The Morgan fingerprint density at radius 1 is 0.730 bits per heavy atom. The van der Waals surface area contributed by atoms with Gasteiger partial charge in [-0.05, 0) is 0 Å². The fourth-order valence-corrected chi connectivity index (χ4v) is 15.0. The Morgan fingerprint density at radius 2 is 1.22 bits per heavy atom. The molecule has 0 spiro atoms. The molecule has 0 aliphatic carbocycles. The second kappa shape index (κ2) is 9.98. The van der Waals surface area contributed by atoms with E-state index in [4.69, 9.17) is 8.28 Å². The number of hydrogen-bond donors (Lipinski definition) is 1. The second-order valence-electron chi connectivity index (χ2n) is 8.42. The van der Waals surface area contributed by atoms with Gasteiger partial charge >= 0.3 is 217 Å². The van der Waals surface area contributed by atoms with Crippen molar-refractivity contribution in [3.63, 3.8) is 0 Å². The van der Waals surface area contributed by atoms with Crippen LogP contribution in [0.25, 0.3) is 0 Å². The molecule has 0 radical (unpaired) electrons. The Morgan fingerprint density at radius 3 is 1.68 bits per heavy atom. The number of carboxylic acids is 1. The number of fused-ring (bicyclic) bond motifs is 1. The molecule has 0 aromatic heterocycles. The molecule has 0 saturated heterocycles. The normalized spacial score (nSPS) is 12.8. The molecular weight excluding hydrogens is 579 g/mol. The van der Waals surface area contributed by atoms with Gasteiger partial charge in [-0.3, -0.25) is 0 Å². The van der Waals surface area contributed by atoms with Gasteiger partial charge < -0.3 is 0 Å². The van der Waals surface area contributed by atoms with Crippen molar-refractivity contribution in [3.05, 3.63) is 125 Å². The summed E-state index contributed by atoms with van der Waals surface area (Å²) in [7, 11) is 0. The number of carbonyl (C=O) groups is 3. The summed E-state index contributed by atoms with van der Waals surface area (Å²) in [5.41, 5.74) is -0.348. The van der Waals surface area contributed by atoms with E-state index in [-0.39, 0.29) is 16.8 Å². The van der Waals surface area contributed by atoms with Crippen LogP contribution in [0, 0.1) is 4.91 Å². The average Bonchev–Trinajstić information content (AvgIpc) is 3.17. The Hall–Kier alpha value is -4.31. The quantitative estimate of drug-likeness (QED) is 0.189. The molecule has 8 nitrogen and oxygen atoms in total. The molecule has 0 saturated carbocycles. The van der Waals surface area contributed by atoms with Crippen LogP contribution >= 0.6 is 0 Å². The molecule has 4 aromatic rings. The standard InChI is InChI=1S/C10H6N2O6.3C6H5.Sn/c13-7(14)4-11-9(15)5-2-1-3-6(12(17)18)8(5)10(11)16;3*1-2-4-6-5-3-1;/h1-3H,4H2,(H,13,14);3*1-5H;/q;;;;+1. The molecule has 1 N–H and O–H groups in total. The van der Waals surface area contributed by atoms with Gasteiger partial charge in [-0.2, -0.15) is 0 Å². The first-order chi connectivity index (χ1) is 17.9. The van der Waals surface area contributed by atoms with Crippen molar-refractivity contribution in [2.24, 2.45) is 0 Å². The number of amides is 2. The topological polar surface area (TPSA) is 104 Å². The summed E-state index contributed by atoms with van der Waals surface area (Å²) >= 11 is -4.53. The van der Waals surface area contributed by atoms with Crippen molar-refractivity contribution >= 4 is 53.0 Å². The van der Waals surface area contributed by atoms with Crippen molar-refractivity contribution < 1.29 is 27.6 Å². The Bertz CT molecular complexity index is 1410. The molecule has 2 amide bonds. The molecule has 0 atom stereocenters. The molecule has 0 unspecified atom stereocenters. The van der Waals surface area contributed by atoms with Crippen molar-refractivity contribution in [2.45, 2.75) is 0 Å². The zero-order valence-corrected chi connectivity index (χ0v) is 22.3. The first kappa shape index (κ1) is 24.4. The molecule has 5 rings (SSSR count). The van der Waals surface area contributed by atoms with Crippen LogP contribution in [0.5, 0.6) is 0 Å². The van der Waals surface area contributed by atoms with Gasteiger partial charge in [-0.15, -0.1) is 0 Å². The predicted molar refractivity (Wildman–Crippen MR) is 138 cm³/mol. The SMILES string of the molecule is O=C(O)CN1C(=O)c2cccc([N+](=O)[O][Sn]([c]3ccccc3)([c]3ccccc3)[c]3ccccc3)c2C1=O. The van der Waals surface area contributed by atoms with Crippen LogP contribution in [-0.2, 0) is 7.97 Å². The van der Waals surface area contributed by atoms with Gasteiger partial charge in [0.05, 0.1) is 0 Å². The molecule has 0 bridgehead atoms. The first-order valence-corrected chi connectivity index (χ1v) is 16.9. The van der Waals surface area contributed by atoms with E-state index in [1.165, 1.54) is 18.2 Å². The van der Waals surface area contributed by atoms with E-state index >= 15 is 0 Å². The number of hydrogen-bond acceptors (Lipinski definition) is 5. The number of carbonyl (C=O) groups excluding carboxylic acids is 2. The second-order valence-corrected chi connectivity index (χ2v) is 17.8. The molecule has 1 heterocycles. The van der Waals surface area contributed by atoms with Crippen molar-refractivity contribution in [3.8, 4) is 0 Å². The number of rotatable bonds is 8. The maximum atomic E-state index is 13.9. The van der Waals surface area contributed by atoms with E-state index in [0.29, 0.717) is 9.82 Å². The molecule has 37 heavy (non-hydrogen) atoms. The van der Waals surface area contributed by atoms with Crippen molar-refractivity contribution in [1.29, 1.82) is 0 Å². The summed E-state index contributed by atoms with van der Waals surface area (Å²) in [5.74, 6) is -2.94. The van der Waals surface area contributed by atoms with Gasteiger partial charge in [-0.1, -0.05) is 0 Å². The maximum absolute atomic E-state index is 13.9. The van der Waals surface area contributed by atoms with Crippen LogP contribution in [0.4, 0.5) is 5.69 Å². The van der Waals surface area contributed by atoms with Gasteiger partial charge in [-0.25, -0.2) is 0 Å². The third kappa shape index (κ3) is 4.29. The van der Waals surface area contributed by atoms with E-state index in [9.17, 15) is 19.3 Å².